The van der Waals surface area contributed by atoms with Gasteiger partial charge in [-0.25, -0.2) is 0 Å². The third-order valence-electron chi connectivity index (χ3n) is 11.5. The van der Waals surface area contributed by atoms with Crippen LogP contribution in [0.1, 0.15) is 110 Å². The summed E-state index contributed by atoms with van der Waals surface area (Å²) in [5.74, 6) is 0.289. The van der Waals surface area contributed by atoms with Gasteiger partial charge in [0.15, 0.2) is 23.1 Å². The molecule has 4 aromatic rings. The van der Waals surface area contributed by atoms with E-state index in [0.29, 0.717) is 70.2 Å². The lowest BCUT2D eigenvalue weighted by Crippen LogP contribution is -2.70. The Kier molecular flexibility index (Phi) is 18.5. The summed E-state index contributed by atoms with van der Waals surface area (Å²) in [6.07, 6.45) is 1.02. The molecule has 20 heteroatoms. The molecule has 392 valence electrons. The van der Waals surface area contributed by atoms with Crippen LogP contribution >= 0.6 is 0 Å². The van der Waals surface area contributed by atoms with Gasteiger partial charge in [0.2, 0.25) is 0 Å². The van der Waals surface area contributed by atoms with Crippen molar-refractivity contribution in [3.63, 3.8) is 0 Å². The van der Waals surface area contributed by atoms with Crippen molar-refractivity contribution in [1.82, 2.24) is 0 Å². The van der Waals surface area contributed by atoms with E-state index in [1.807, 2.05) is 26.2 Å². The monoisotopic (exact) mass is 1060 g/mol. The number of ketones is 4. The molecule has 0 bridgehead atoms. The minimum atomic E-state index is -3.49. The number of hydrogen-bond acceptors (Lipinski definition) is 16. The quantitative estimate of drug-likeness (QED) is 0.0294. The second-order valence-electron chi connectivity index (χ2n) is 21.1. The van der Waals surface area contributed by atoms with E-state index in [1.165, 1.54) is 55.4 Å². The molecule has 0 amide bonds. The Balaban J connectivity index is 1.42. The van der Waals surface area contributed by atoms with Crippen molar-refractivity contribution >= 4 is 57.4 Å². The maximum absolute atomic E-state index is 12.8. The van der Waals surface area contributed by atoms with E-state index in [0.717, 1.165) is 0 Å². The van der Waals surface area contributed by atoms with Gasteiger partial charge in [0.1, 0.15) is 57.9 Å². The van der Waals surface area contributed by atoms with Crippen LogP contribution < -0.4 is 18.9 Å². The minimum absolute atomic E-state index is 0.00402. The number of ether oxygens (including phenoxy) is 4. The molecule has 1 heterocycles. The lowest BCUT2D eigenvalue weighted by Gasteiger charge is -2.49. The standard InChI is InChI=1S/C52H72O16Si4/c1-49(2,57)45(53)37-15-23-41(24-16-37)61-31-13-33-69(9)65-70(10,34-14-32-62-42-25-17-38(18-26-42)46(54)50(3,4)58)67-72(12,36-64-44-29-21-40(22-30-44)48(56)52(7,8)60)68-71(11,66-69)35-63-43-27-19-39(20-28-43)47(55)51(5,6)59/h15-30,57-60H,13-14,31-36H2,1-12H3. The molecule has 1 fully saturated rings. The smallest absolute Gasteiger partial charge is 0.356 e. The van der Waals surface area contributed by atoms with Crippen molar-refractivity contribution in [3.8, 4) is 23.0 Å². The van der Waals surface area contributed by atoms with Crippen LogP contribution in [0, 0.1) is 0 Å². The number of carbonyl (C=O) groups excluding carboxylic acids is 4. The predicted molar refractivity (Wildman–Crippen MR) is 280 cm³/mol. The second-order valence-corrected chi connectivity index (χ2v) is 35.0. The van der Waals surface area contributed by atoms with Crippen LogP contribution in [0.5, 0.6) is 23.0 Å². The Morgan fingerprint density at radius 2 is 0.583 bits per heavy atom. The number of rotatable bonds is 24. The summed E-state index contributed by atoms with van der Waals surface area (Å²) in [6.45, 7) is 19.8. The molecule has 72 heavy (non-hydrogen) atoms. The molecule has 4 aromatic carbocycles. The number of benzene rings is 4. The van der Waals surface area contributed by atoms with Gasteiger partial charge >= 0.3 is 34.2 Å². The second kappa shape index (κ2) is 22.8. The zero-order valence-corrected chi connectivity index (χ0v) is 47.6. The molecular weight excluding hydrogens is 993 g/mol. The number of carbonyl (C=O) groups is 4. The SMILES string of the molecule is CC(C)(O)C(=O)c1ccc(OCCC[Si]2(C)O[Si](C)(CCCOc3ccc(C(=O)C(C)(C)O)cc3)O[Si](C)(COc3ccc(C(=O)C(C)(C)O)cc3)O[Si](C)(COc3ccc(C(=O)C(C)(C)O)cc3)O2)cc1. The first-order valence-corrected chi connectivity index (χ1v) is 34.1. The average molecular weight is 1070 g/mol. The topological polar surface area (TPSA) is 223 Å². The number of hydrogen-bond donors (Lipinski definition) is 4. The highest BCUT2D eigenvalue weighted by atomic mass is 28.5. The third kappa shape index (κ3) is 16.7. The summed E-state index contributed by atoms with van der Waals surface area (Å²) >= 11 is 0. The lowest BCUT2D eigenvalue weighted by atomic mass is 9.97. The molecule has 5 rings (SSSR count). The Morgan fingerprint density at radius 3 is 0.819 bits per heavy atom. The zero-order chi connectivity index (χ0) is 53.6. The van der Waals surface area contributed by atoms with E-state index in [1.54, 1.807) is 97.1 Å². The maximum Gasteiger partial charge on any atom is 0.356 e. The summed E-state index contributed by atoms with van der Waals surface area (Å²) in [4.78, 5) is 50.8. The molecule has 4 unspecified atom stereocenters. The molecule has 16 nitrogen and oxygen atoms in total. The molecule has 4 N–H and O–H groups in total. The molecule has 0 radical (unpaired) electrons. The van der Waals surface area contributed by atoms with Crippen LogP contribution in [0.4, 0.5) is 0 Å². The molecule has 1 aliphatic heterocycles. The first-order valence-electron chi connectivity index (χ1n) is 24.0. The predicted octanol–water partition coefficient (Wildman–Crippen LogP) is 8.34. The van der Waals surface area contributed by atoms with Gasteiger partial charge < -0.3 is 55.8 Å². The lowest BCUT2D eigenvalue weighted by molar-refractivity contribution is 0.0487. The molecule has 0 aromatic heterocycles. The third-order valence-corrected chi connectivity index (χ3v) is 29.2. The fraction of sp³-hybridized carbons (Fsp3) is 0.462. The van der Waals surface area contributed by atoms with Gasteiger partial charge in [-0.2, -0.15) is 0 Å². The minimum Gasteiger partial charge on any atom is -0.494 e. The van der Waals surface area contributed by atoms with E-state index < -0.39 is 79.8 Å². The highest BCUT2D eigenvalue weighted by Crippen LogP contribution is 2.37. The van der Waals surface area contributed by atoms with E-state index in [9.17, 15) is 39.6 Å². The van der Waals surface area contributed by atoms with Crippen molar-refractivity contribution in [1.29, 1.82) is 0 Å². The molecule has 0 saturated carbocycles. The van der Waals surface area contributed by atoms with Crippen LogP contribution in [0.15, 0.2) is 97.1 Å². The van der Waals surface area contributed by atoms with Gasteiger partial charge in [-0.05, 0) is 204 Å². The summed E-state index contributed by atoms with van der Waals surface area (Å²) in [5, 5.41) is 41.0. The Morgan fingerprint density at radius 1 is 0.375 bits per heavy atom. The molecule has 4 atom stereocenters. The Bertz CT molecular complexity index is 2320. The fourth-order valence-corrected chi connectivity index (χ4v) is 29.8. The first kappa shape index (κ1) is 58.2. The average Bonchev–Trinajstić information content (AvgIpc) is 3.28. The zero-order valence-electron chi connectivity index (χ0n) is 43.6. The molecule has 0 aliphatic carbocycles. The van der Waals surface area contributed by atoms with Gasteiger partial charge in [0, 0.05) is 22.3 Å². The van der Waals surface area contributed by atoms with Crippen molar-refractivity contribution < 1.29 is 75.0 Å². The molecular formula is C52H72O16Si4. The van der Waals surface area contributed by atoms with Gasteiger partial charge in [-0.15, -0.1) is 0 Å². The van der Waals surface area contributed by atoms with Crippen molar-refractivity contribution in [3.05, 3.63) is 119 Å². The summed E-state index contributed by atoms with van der Waals surface area (Å²) in [6, 6.07) is 27.1. The van der Waals surface area contributed by atoms with Gasteiger partial charge in [0.25, 0.3) is 0 Å². The Labute approximate surface area is 427 Å². The molecule has 0 spiro atoms. The van der Waals surface area contributed by atoms with Crippen LogP contribution in [-0.2, 0) is 16.5 Å². The van der Waals surface area contributed by atoms with Crippen molar-refractivity contribution in [2.45, 2.75) is 129 Å². The number of Topliss-reactive ketones (excluding diaryl/α,β-unsaturated/α-hetero) is 4. The Hall–Kier alpha value is -4.69. The van der Waals surface area contributed by atoms with E-state index in [4.69, 9.17) is 35.4 Å². The molecule has 1 aliphatic rings. The first-order chi connectivity index (χ1) is 33.2. The highest BCUT2D eigenvalue weighted by Gasteiger charge is 2.58. The van der Waals surface area contributed by atoms with E-state index in [-0.39, 0.29) is 25.7 Å². The normalized spacial score (nSPS) is 22.0. The van der Waals surface area contributed by atoms with E-state index in [2.05, 4.69) is 0 Å². The largest absolute Gasteiger partial charge is 0.494 e. The van der Waals surface area contributed by atoms with Crippen molar-refractivity contribution in [2.24, 2.45) is 0 Å². The van der Waals surface area contributed by atoms with E-state index >= 15 is 0 Å². The van der Waals surface area contributed by atoms with Crippen LogP contribution in [-0.4, -0.2) is 126 Å². The van der Waals surface area contributed by atoms with Crippen LogP contribution in [0.25, 0.3) is 0 Å². The number of aliphatic hydroxyl groups is 4. The highest BCUT2D eigenvalue weighted by molar-refractivity contribution is 6.94. The van der Waals surface area contributed by atoms with Gasteiger partial charge in [-0.3, -0.25) is 19.2 Å². The van der Waals surface area contributed by atoms with Crippen molar-refractivity contribution in [2.75, 3.05) is 25.7 Å². The van der Waals surface area contributed by atoms with Crippen LogP contribution in [0.2, 0.25) is 38.3 Å². The summed E-state index contributed by atoms with van der Waals surface area (Å²) in [5.41, 5.74) is -4.78. The molecule has 1 saturated heterocycles. The maximum atomic E-state index is 12.8. The van der Waals surface area contributed by atoms with Gasteiger partial charge in [0.05, 0.1) is 13.2 Å². The summed E-state index contributed by atoms with van der Waals surface area (Å²) in [7, 11) is -13.6. The fourth-order valence-electron chi connectivity index (χ4n) is 8.05. The summed E-state index contributed by atoms with van der Waals surface area (Å²) < 4.78 is 54.1. The van der Waals surface area contributed by atoms with Crippen LogP contribution in [0.3, 0.4) is 0 Å². The van der Waals surface area contributed by atoms with Gasteiger partial charge in [-0.1, -0.05) is 0 Å².